The minimum atomic E-state index is -3.46. The second-order valence-electron chi connectivity index (χ2n) is 4.99. The molecule has 110 valence electrons. The van der Waals surface area contributed by atoms with Gasteiger partial charge < -0.3 is 4.52 Å². The third-order valence-electron chi connectivity index (χ3n) is 2.86. The monoisotopic (exact) mass is 314 g/mol. The Bertz CT molecular complexity index is 658. The molecule has 2 aromatic heterocycles. The van der Waals surface area contributed by atoms with Gasteiger partial charge in [0.25, 0.3) is 0 Å². The normalized spacial score (nSPS) is 12.2. The van der Waals surface area contributed by atoms with E-state index in [-0.39, 0.29) is 0 Å². The van der Waals surface area contributed by atoms with Crippen LogP contribution in [0.15, 0.2) is 27.7 Å². The topological polar surface area (TPSA) is 72.2 Å². The van der Waals surface area contributed by atoms with E-state index < -0.39 is 10.0 Å². The first-order chi connectivity index (χ1) is 9.40. The van der Waals surface area contributed by atoms with E-state index in [1.165, 1.54) is 11.3 Å². The highest BCUT2D eigenvalue weighted by Gasteiger charge is 2.21. The molecule has 20 heavy (non-hydrogen) atoms. The molecule has 1 N–H and O–H groups in total. The van der Waals surface area contributed by atoms with Crippen molar-refractivity contribution >= 4 is 21.4 Å². The number of aromatic nitrogens is 1. The summed E-state index contributed by atoms with van der Waals surface area (Å²) in [4.78, 5) is 1.83. The van der Waals surface area contributed by atoms with Crippen LogP contribution in [0, 0.1) is 12.8 Å². The molecule has 0 saturated heterocycles. The Morgan fingerprint density at radius 1 is 1.45 bits per heavy atom. The lowest BCUT2D eigenvalue weighted by Crippen LogP contribution is -2.25. The predicted molar refractivity (Wildman–Crippen MR) is 79.2 cm³/mol. The smallest absolute Gasteiger partial charge is 0.241 e. The molecule has 0 bridgehead atoms. The van der Waals surface area contributed by atoms with E-state index >= 15 is 0 Å². The third-order valence-corrected chi connectivity index (χ3v) is 5.64. The molecule has 0 atom stereocenters. The van der Waals surface area contributed by atoms with E-state index in [2.05, 4.69) is 23.7 Å². The zero-order chi connectivity index (χ0) is 14.8. The minimum Gasteiger partial charge on any atom is -0.355 e. The third kappa shape index (κ3) is 3.47. The fourth-order valence-corrected chi connectivity index (χ4v) is 4.35. The summed E-state index contributed by atoms with van der Waals surface area (Å²) in [6.07, 6.45) is 2.36. The van der Waals surface area contributed by atoms with Crippen molar-refractivity contribution in [3.05, 3.63) is 23.2 Å². The van der Waals surface area contributed by atoms with Gasteiger partial charge in [0, 0.05) is 17.5 Å². The van der Waals surface area contributed by atoms with Gasteiger partial charge in [-0.05, 0) is 25.3 Å². The molecule has 0 radical (unpaired) electrons. The highest BCUT2D eigenvalue weighted by Crippen LogP contribution is 2.33. The van der Waals surface area contributed by atoms with Crippen LogP contribution in [0.25, 0.3) is 10.6 Å². The summed E-state index contributed by atoms with van der Waals surface area (Å²) in [5.41, 5.74) is 0. The fraction of sp³-hybridized carbons (Fsp3) is 0.462. The Balaban J connectivity index is 2.20. The lowest BCUT2D eigenvalue weighted by Gasteiger charge is -2.07. The average molecular weight is 314 g/mol. The molecular formula is C13H18N2O3S2. The van der Waals surface area contributed by atoms with Gasteiger partial charge in [0.15, 0.2) is 5.76 Å². The summed E-state index contributed by atoms with van der Waals surface area (Å²) in [6.45, 7) is 6.37. The zero-order valence-corrected chi connectivity index (χ0v) is 13.3. The van der Waals surface area contributed by atoms with Crippen LogP contribution in [0.1, 0.15) is 25.1 Å². The highest BCUT2D eigenvalue weighted by atomic mass is 32.2. The molecule has 0 aliphatic carbocycles. The molecule has 0 fully saturated rings. The Morgan fingerprint density at radius 2 is 2.20 bits per heavy atom. The largest absolute Gasteiger partial charge is 0.355 e. The van der Waals surface area contributed by atoms with Crippen LogP contribution in [0.2, 0.25) is 0 Å². The van der Waals surface area contributed by atoms with Crippen LogP contribution in [0.4, 0.5) is 0 Å². The SMILES string of the molecule is Cc1sc(-c2ccno2)cc1S(=O)(=O)NCCC(C)C. The van der Waals surface area contributed by atoms with E-state index in [1.807, 2.05) is 0 Å². The molecule has 0 amide bonds. The Kier molecular flexibility index (Phi) is 4.62. The van der Waals surface area contributed by atoms with Crippen molar-refractivity contribution in [3.63, 3.8) is 0 Å². The Hall–Kier alpha value is -1.18. The van der Waals surface area contributed by atoms with Crippen LogP contribution >= 0.6 is 11.3 Å². The van der Waals surface area contributed by atoms with Crippen molar-refractivity contribution in [2.24, 2.45) is 5.92 Å². The van der Waals surface area contributed by atoms with Gasteiger partial charge >= 0.3 is 0 Å². The summed E-state index contributed by atoms with van der Waals surface area (Å²) >= 11 is 1.39. The highest BCUT2D eigenvalue weighted by molar-refractivity contribution is 7.89. The van der Waals surface area contributed by atoms with Gasteiger partial charge in [-0.2, -0.15) is 0 Å². The van der Waals surface area contributed by atoms with Gasteiger partial charge in [-0.1, -0.05) is 19.0 Å². The molecule has 0 aliphatic heterocycles. The molecule has 5 nitrogen and oxygen atoms in total. The Morgan fingerprint density at radius 3 is 2.80 bits per heavy atom. The fourth-order valence-electron chi connectivity index (χ4n) is 1.76. The lowest BCUT2D eigenvalue weighted by atomic mass is 10.1. The second-order valence-corrected chi connectivity index (χ2v) is 7.98. The molecule has 2 aromatic rings. The summed E-state index contributed by atoms with van der Waals surface area (Å²) < 4.78 is 32.2. The molecule has 0 saturated carbocycles. The first-order valence-electron chi connectivity index (χ1n) is 6.41. The summed E-state index contributed by atoms with van der Waals surface area (Å²) in [7, 11) is -3.46. The zero-order valence-electron chi connectivity index (χ0n) is 11.7. The average Bonchev–Trinajstić information content (AvgIpc) is 2.96. The van der Waals surface area contributed by atoms with Gasteiger partial charge in [0.05, 0.1) is 16.0 Å². The minimum absolute atomic E-state index is 0.317. The first kappa shape index (κ1) is 15.2. The van der Waals surface area contributed by atoms with Gasteiger partial charge in [-0.3, -0.25) is 0 Å². The van der Waals surface area contributed by atoms with E-state index in [0.29, 0.717) is 23.1 Å². The van der Waals surface area contributed by atoms with Gasteiger partial charge in [-0.25, -0.2) is 13.1 Å². The van der Waals surface area contributed by atoms with Crippen LogP contribution in [0.3, 0.4) is 0 Å². The maximum atomic E-state index is 12.3. The number of aryl methyl sites for hydroxylation is 1. The van der Waals surface area contributed by atoms with E-state index in [9.17, 15) is 8.42 Å². The molecule has 0 spiro atoms. The van der Waals surface area contributed by atoms with Crippen LogP contribution < -0.4 is 4.72 Å². The van der Waals surface area contributed by atoms with Gasteiger partial charge in [0.2, 0.25) is 10.0 Å². The Labute approximate surface area is 123 Å². The summed E-state index contributed by atoms with van der Waals surface area (Å²) in [5, 5.41) is 3.64. The lowest BCUT2D eigenvalue weighted by molar-refractivity contribution is 0.433. The van der Waals surface area contributed by atoms with E-state index in [1.54, 1.807) is 25.3 Å². The predicted octanol–water partition coefficient (Wildman–Crippen LogP) is 3.04. The van der Waals surface area contributed by atoms with E-state index in [0.717, 1.165) is 16.2 Å². The van der Waals surface area contributed by atoms with Crippen LogP contribution in [0.5, 0.6) is 0 Å². The summed E-state index contributed by atoms with van der Waals surface area (Å²) in [6, 6.07) is 3.35. The quantitative estimate of drug-likeness (QED) is 0.889. The van der Waals surface area contributed by atoms with Crippen molar-refractivity contribution in [2.45, 2.75) is 32.1 Å². The molecule has 0 aliphatic rings. The molecule has 0 aromatic carbocycles. The molecule has 2 rings (SSSR count). The van der Waals surface area contributed by atoms with Gasteiger partial charge in [-0.15, -0.1) is 11.3 Å². The standard InChI is InChI=1S/C13H18N2O3S2/c1-9(2)4-7-15-20(16,17)13-8-12(19-10(13)3)11-5-6-14-18-11/h5-6,8-9,15H,4,7H2,1-3H3. The van der Waals surface area contributed by atoms with Crippen molar-refractivity contribution in [1.82, 2.24) is 9.88 Å². The van der Waals surface area contributed by atoms with E-state index in [4.69, 9.17) is 4.52 Å². The van der Waals surface area contributed by atoms with Crippen molar-refractivity contribution in [2.75, 3.05) is 6.54 Å². The molecule has 0 unspecified atom stereocenters. The first-order valence-corrected chi connectivity index (χ1v) is 8.71. The number of rotatable bonds is 6. The maximum absolute atomic E-state index is 12.3. The van der Waals surface area contributed by atoms with Crippen LogP contribution in [-0.2, 0) is 10.0 Å². The number of nitrogens with zero attached hydrogens (tertiary/aromatic N) is 1. The van der Waals surface area contributed by atoms with Crippen molar-refractivity contribution in [3.8, 4) is 10.6 Å². The summed E-state index contributed by atoms with van der Waals surface area (Å²) in [5.74, 6) is 1.05. The number of thiophene rings is 1. The second kappa shape index (κ2) is 6.07. The number of sulfonamides is 1. The maximum Gasteiger partial charge on any atom is 0.241 e. The number of nitrogens with one attached hydrogen (secondary N) is 1. The number of hydrogen-bond donors (Lipinski definition) is 1. The van der Waals surface area contributed by atoms with Crippen molar-refractivity contribution in [1.29, 1.82) is 0 Å². The number of hydrogen-bond acceptors (Lipinski definition) is 5. The van der Waals surface area contributed by atoms with Crippen LogP contribution in [-0.4, -0.2) is 20.1 Å². The molecule has 2 heterocycles. The molecular weight excluding hydrogens is 296 g/mol. The molecule has 7 heteroatoms. The van der Waals surface area contributed by atoms with Gasteiger partial charge in [0.1, 0.15) is 0 Å². The van der Waals surface area contributed by atoms with Crippen molar-refractivity contribution < 1.29 is 12.9 Å².